The molecular weight excluding hydrogens is 432 g/mol. The Balaban J connectivity index is 1.48. The summed E-state index contributed by atoms with van der Waals surface area (Å²) in [6, 6.07) is 10.4. The van der Waals surface area contributed by atoms with Crippen molar-refractivity contribution in [2.75, 3.05) is 19.0 Å². The van der Waals surface area contributed by atoms with Crippen LogP contribution in [-0.2, 0) is 17.8 Å². The topological polar surface area (TPSA) is 108 Å². The van der Waals surface area contributed by atoms with Crippen LogP contribution in [-0.4, -0.2) is 35.1 Å². The number of nitrogens with two attached hydrogens (primary N) is 1. The fourth-order valence-corrected chi connectivity index (χ4v) is 3.88. The van der Waals surface area contributed by atoms with Gasteiger partial charge in [-0.25, -0.2) is 4.98 Å². The second-order valence-electron chi connectivity index (χ2n) is 7.47. The average molecular weight is 455 g/mol. The molecule has 9 heteroatoms. The minimum Gasteiger partial charge on any atom is -0.493 e. The number of carbonyl (C=O) groups excluding carboxylic acids is 2. The Bertz CT molecular complexity index is 1130. The number of rotatable bonds is 7. The van der Waals surface area contributed by atoms with E-state index < -0.39 is 5.91 Å². The molecule has 0 saturated carbocycles. The van der Waals surface area contributed by atoms with Crippen LogP contribution in [0.5, 0.6) is 11.5 Å². The Hall–Kier alpha value is -3.52. The standard InChI is InChI=1S/C23H23ClN4O4/c1-31-19-11-15(10-17(24)22(19)32-13-20(25)29)23(30)26-16-7-5-14(6-8-16)18-12-28-9-3-2-4-21(28)27-18/h5-8,10-12H,2-4,9,13H2,1H3,(H2,25,29)(H,26,30). The van der Waals surface area contributed by atoms with Gasteiger partial charge in [0, 0.05) is 36.0 Å². The number of nitrogens with one attached hydrogen (secondary N) is 1. The molecule has 0 saturated heterocycles. The predicted molar refractivity (Wildman–Crippen MR) is 121 cm³/mol. The number of nitrogens with zero attached hydrogens (tertiary/aromatic N) is 2. The van der Waals surface area contributed by atoms with Crippen LogP contribution >= 0.6 is 11.6 Å². The SMILES string of the molecule is COc1cc(C(=O)Nc2ccc(-c3cn4c(n3)CCCC4)cc2)cc(Cl)c1OCC(N)=O. The normalized spacial score (nSPS) is 12.7. The third-order valence-corrected chi connectivity index (χ3v) is 5.48. The number of hydrogen-bond donors (Lipinski definition) is 2. The summed E-state index contributed by atoms with van der Waals surface area (Å²) in [4.78, 5) is 28.4. The van der Waals surface area contributed by atoms with Crippen LogP contribution < -0.4 is 20.5 Å². The number of hydrogen-bond acceptors (Lipinski definition) is 5. The number of anilines is 1. The molecule has 1 aliphatic heterocycles. The van der Waals surface area contributed by atoms with Crippen molar-refractivity contribution in [3.05, 3.63) is 59.0 Å². The largest absolute Gasteiger partial charge is 0.493 e. The lowest BCUT2D eigenvalue weighted by Gasteiger charge is -2.13. The van der Waals surface area contributed by atoms with Crippen LogP contribution in [0.4, 0.5) is 5.69 Å². The maximum absolute atomic E-state index is 12.7. The molecule has 0 unspecified atom stereocenters. The first kappa shape index (κ1) is 21.7. The molecular formula is C23H23ClN4O4. The summed E-state index contributed by atoms with van der Waals surface area (Å²) in [7, 11) is 1.41. The van der Waals surface area contributed by atoms with Crippen molar-refractivity contribution in [1.82, 2.24) is 9.55 Å². The minimum atomic E-state index is -0.649. The lowest BCUT2D eigenvalue weighted by atomic mass is 10.1. The molecule has 4 rings (SSSR count). The number of methoxy groups -OCH3 is 1. The number of carbonyl (C=O) groups is 2. The van der Waals surface area contributed by atoms with Crippen molar-refractivity contribution >= 4 is 29.1 Å². The van der Waals surface area contributed by atoms with E-state index in [9.17, 15) is 9.59 Å². The van der Waals surface area contributed by atoms with Gasteiger partial charge in [-0.15, -0.1) is 0 Å². The van der Waals surface area contributed by atoms with Crippen LogP contribution in [0.25, 0.3) is 11.3 Å². The first-order valence-corrected chi connectivity index (χ1v) is 10.6. The fourth-order valence-electron chi connectivity index (χ4n) is 3.61. The Morgan fingerprint density at radius 1 is 1.22 bits per heavy atom. The van der Waals surface area contributed by atoms with Crippen molar-refractivity contribution in [3.8, 4) is 22.8 Å². The molecule has 3 N–H and O–H groups in total. The van der Waals surface area contributed by atoms with E-state index in [1.54, 1.807) is 0 Å². The molecule has 1 aromatic heterocycles. The molecule has 0 aliphatic carbocycles. The minimum absolute atomic E-state index is 0.134. The van der Waals surface area contributed by atoms with Gasteiger partial charge in [-0.2, -0.15) is 0 Å². The van der Waals surface area contributed by atoms with Gasteiger partial charge in [0.1, 0.15) is 5.82 Å². The first-order valence-electron chi connectivity index (χ1n) is 10.2. The first-order chi connectivity index (χ1) is 15.4. The monoisotopic (exact) mass is 454 g/mol. The third kappa shape index (κ3) is 4.70. The zero-order valence-electron chi connectivity index (χ0n) is 17.6. The highest BCUT2D eigenvalue weighted by atomic mass is 35.5. The number of primary amides is 1. The van der Waals surface area contributed by atoms with E-state index in [4.69, 9.17) is 31.8 Å². The zero-order valence-corrected chi connectivity index (χ0v) is 18.3. The van der Waals surface area contributed by atoms with Crippen molar-refractivity contribution in [3.63, 3.8) is 0 Å². The van der Waals surface area contributed by atoms with Gasteiger partial charge >= 0.3 is 0 Å². The molecule has 0 radical (unpaired) electrons. The maximum atomic E-state index is 12.7. The van der Waals surface area contributed by atoms with Crippen molar-refractivity contribution in [1.29, 1.82) is 0 Å². The molecule has 2 amide bonds. The number of aryl methyl sites for hydroxylation is 2. The predicted octanol–water partition coefficient (Wildman–Crippen LogP) is 3.66. The van der Waals surface area contributed by atoms with E-state index >= 15 is 0 Å². The van der Waals surface area contributed by atoms with Crippen molar-refractivity contribution in [2.24, 2.45) is 5.73 Å². The summed E-state index contributed by atoms with van der Waals surface area (Å²) in [6.45, 7) is 0.655. The number of amides is 2. The van der Waals surface area contributed by atoms with Gasteiger partial charge in [0.25, 0.3) is 11.8 Å². The zero-order chi connectivity index (χ0) is 22.7. The van der Waals surface area contributed by atoms with Gasteiger partial charge in [-0.3, -0.25) is 9.59 Å². The Kier molecular flexibility index (Phi) is 6.32. The van der Waals surface area contributed by atoms with Crippen LogP contribution in [0.3, 0.4) is 0 Å². The van der Waals surface area contributed by atoms with Gasteiger partial charge < -0.3 is 25.1 Å². The molecule has 0 bridgehead atoms. The van der Waals surface area contributed by atoms with E-state index in [0.717, 1.165) is 30.0 Å². The van der Waals surface area contributed by atoms with Crippen LogP contribution in [0, 0.1) is 0 Å². The van der Waals surface area contributed by atoms with E-state index in [1.807, 2.05) is 24.3 Å². The number of benzene rings is 2. The van der Waals surface area contributed by atoms with E-state index in [1.165, 1.54) is 32.1 Å². The number of imidazole rings is 1. The Labute approximate surface area is 190 Å². The number of ether oxygens (including phenoxy) is 2. The second-order valence-corrected chi connectivity index (χ2v) is 7.88. The lowest BCUT2D eigenvalue weighted by molar-refractivity contribution is -0.119. The molecule has 32 heavy (non-hydrogen) atoms. The third-order valence-electron chi connectivity index (χ3n) is 5.20. The lowest BCUT2D eigenvalue weighted by Crippen LogP contribution is -2.20. The number of halogens is 1. The second kappa shape index (κ2) is 9.32. The van der Waals surface area contributed by atoms with Crippen LogP contribution in [0.1, 0.15) is 29.0 Å². The molecule has 1 aliphatic rings. The summed E-state index contributed by atoms with van der Waals surface area (Å²) in [5.74, 6) is 0.485. The summed E-state index contributed by atoms with van der Waals surface area (Å²) in [5.41, 5.74) is 7.94. The highest BCUT2D eigenvalue weighted by Gasteiger charge is 2.17. The highest BCUT2D eigenvalue weighted by Crippen LogP contribution is 2.36. The van der Waals surface area contributed by atoms with Crippen LogP contribution in [0.2, 0.25) is 5.02 Å². The summed E-state index contributed by atoms with van der Waals surface area (Å²) >= 11 is 6.23. The van der Waals surface area contributed by atoms with Gasteiger partial charge in [-0.05, 0) is 37.1 Å². The van der Waals surface area contributed by atoms with Crippen LogP contribution in [0.15, 0.2) is 42.6 Å². The van der Waals surface area contributed by atoms with Gasteiger partial charge in [0.15, 0.2) is 18.1 Å². The molecule has 2 aromatic carbocycles. The summed E-state index contributed by atoms with van der Waals surface area (Å²) in [5, 5.41) is 2.97. The van der Waals surface area contributed by atoms with Gasteiger partial charge in [-0.1, -0.05) is 23.7 Å². The number of aromatic nitrogens is 2. The fraction of sp³-hybridized carbons (Fsp3) is 0.261. The van der Waals surface area contributed by atoms with Gasteiger partial charge in [0.2, 0.25) is 0 Å². The maximum Gasteiger partial charge on any atom is 0.255 e. The van der Waals surface area contributed by atoms with Crippen molar-refractivity contribution in [2.45, 2.75) is 25.8 Å². The summed E-state index contributed by atoms with van der Waals surface area (Å²) < 4.78 is 12.7. The molecule has 8 nitrogen and oxygen atoms in total. The van der Waals surface area contributed by atoms with Gasteiger partial charge in [0.05, 0.1) is 17.8 Å². The highest BCUT2D eigenvalue weighted by molar-refractivity contribution is 6.32. The molecule has 166 valence electrons. The van der Waals surface area contributed by atoms with E-state index in [0.29, 0.717) is 5.69 Å². The summed E-state index contributed by atoms with van der Waals surface area (Å²) in [6.07, 6.45) is 5.44. The Morgan fingerprint density at radius 2 is 2.00 bits per heavy atom. The molecule has 3 aromatic rings. The van der Waals surface area contributed by atoms with E-state index in [2.05, 4.69) is 16.1 Å². The average Bonchev–Trinajstić information content (AvgIpc) is 3.22. The molecule has 0 atom stereocenters. The Morgan fingerprint density at radius 3 is 2.69 bits per heavy atom. The van der Waals surface area contributed by atoms with E-state index in [-0.39, 0.29) is 34.6 Å². The number of fused-ring (bicyclic) bond motifs is 1. The molecule has 0 fully saturated rings. The van der Waals surface area contributed by atoms with Crippen molar-refractivity contribution < 1.29 is 19.1 Å². The smallest absolute Gasteiger partial charge is 0.255 e. The molecule has 2 heterocycles. The molecule has 0 spiro atoms. The quantitative estimate of drug-likeness (QED) is 0.566.